The molecular formula is C13H19ClN2O3S. The van der Waals surface area contributed by atoms with E-state index in [4.69, 9.17) is 16.3 Å². The molecule has 1 amide bonds. The highest BCUT2D eigenvalue weighted by Gasteiger charge is 2.23. The molecule has 0 aromatic carbocycles. The Labute approximate surface area is 127 Å². The largest absolute Gasteiger partial charge is 0.461 e. The Bertz CT molecular complexity index is 474. The molecule has 0 aliphatic carbocycles. The smallest absolute Gasteiger partial charge is 0.357 e. The van der Waals surface area contributed by atoms with Gasteiger partial charge in [0.1, 0.15) is 10.4 Å². The molecule has 0 bridgehead atoms. The second-order valence-corrected chi connectivity index (χ2v) is 6.12. The van der Waals surface area contributed by atoms with Crippen LogP contribution >= 0.6 is 22.9 Å². The molecule has 112 valence electrons. The fourth-order valence-electron chi connectivity index (χ4n) is 1.57. The fourth-order valence-corrected chi connectivity index (χ4v) is 2.46. The molecule has 1 atom stereocenters. The van der Waals surface area contributed by atoms with Crippen molar-refractivity contribution in [2.45, 2.75) is 45.7 Å². The second kappa shape index (κ2) is 7.59. The van der Waals surface area contributed by atoms with E-state index in [1.807, 2.05) is 13.8 Å². The maximum absolute atomic E-state index is 12.0. The number of hydrogen-bond donors (Lipinski definition) is 0. The van der Waals surface area contributed by atoms with Crippen LogP contribution in [0.3, 0.4) is 0 Å². The van der Waals surface area contributed by atoms with Gasteiger partial charge in [0.2, 0.25) is 5.91 Å². The molecule has 1 aromatic rings. The van der Waals surface area contributed by atoms with Crippen LogP contribution in [0.25, 0.3) is 0 Å². The molecule has 1 aromatic heterocycles. The number of thiazole rings is 1. The monoisotopic (exact) mass is 318 g/mol. The number of halogens is 1. The summed E-state index contributed by atoms with van der Waals surface area (Å²) in [7, 11) is 0. The van der Waals surface area contributed by atoms with Crippen LogP contribution in [0.2, 0.25) is 0 Å². The van der Waals surface area contributed by atoms with Gasteiger partial charge in [0, 0.05) is 11.4 Å². The van der Waals surface area contributed by atoms with Crippen LogP contribution in [0.15, 0.2) is 5.38 Å². The van der Waals surface area contributed by atoms with Gasteiger partial charge in [-0.15, -0.1) is 22.9 Å². The van der Waals surface area contributed by atoms with Crippen LogP contribution in [0.1, 0.15) is 43.2 Å². The summed E-state index contributed by atoms with van der Waals surface area (Å²) in [5.74, 6) is -0.585. The van der Waals surface area contributed by atoms with E-state index in [9.17, 15) is 9.59 Å². The van der Waals surface area contributed by atoms with E-state index in [2.05, 4.69) is 4.98 Å². The number of ether oxygens (including phenoxy) is 1. The lowest BCUT2D eigenvalue weighted by Gasteiger charge is -2.26. The van der Waals surface area contributed by atoms with E-state index in [-0.39, 0.29) is 17.6 Å². The first-order valence-corrected chi connectivity index (χ1v) is 7.74. The van der Waals surface area contributed by atoms with Crippen molar-refractivity contribution in [3.63, 3.8) is 0 Å². The molecule has 0 fully saturated rings. The van der Waals surface area contributed by atoms with Crippen molar-refractivity contribution >= 4 is 34.8 Å². The Morgan fingerprint density at radius 1 is 1.45 bits per heavy atom. The van der Waals surface area contributed by atoms with Gasteiger partial charge >= 0.3 is 5.97 Å². The van der Waals surface area contributed by atoms with Crippen LogP contribution in [0, 0.1) is 0 Å². The summed E-state index contributed by atoms with van der Waals surface area (Å²) in [5.41, 5.74) is 0.280. The topological polar surface area (TPSA) is 59.5 Å². The Morgan fingerprint density at radius 2 is 2.10 bits per heavy atom. The van der Waals surface area contributed by atoms with Crippen molar-refractivity contribution < 1.29 is 14.3 Å². The average Bonchev–Trinajstić information content (AvgIpc) is 2.83. The number of aromatic nitrogens is 1. The first-order valence-electron chi connectivity index (χ1n) is 6.42. The average molecular weight is 319 g/mol. The summed E-state index contributed by atoms with van der Waals surface area (Å²) in [4.78, 5) is 29.4. The zero-order chi connectivity index (χ0) is 15.3. The molecule has 7 heteroatoms. The van der Waals surface area contributed by atoms with Crippen molar-refractivity contribution in [2.24, 2.45) is 0 Å². The number of rotatable bonds is 6. The summed E-state index contributed by atoms with van der Waals surface area (Å²) >= 11 is 7.18. The molecule has 0 unspecified atom stereocenters. The molecule has 0 aliphatic heterocycles. The standard InChI is InChI=1S/C13H19ClN2O3S/c1-5-19-13(18)10-7-20-11(15-10)6-16(8(2)3)12(17)9(4)14/h7-9H,5-6H2,1-4H3/t9-/m1/s1. The van der Waals surface area contributed by atoms with Crippen molar-refractivity contribution in [1.29, 1.82) is 0 Å². The van der Waals surface area contributed by atoms with E-state index in [1.165, 1.54) is 11.3 Å². The van der Waals surface area contributed by atoms with Gasteiger partial charge in [0.15, 0.2) is 5.69 Å². The lowest BCUT2D eigenvalue weighted by atomic mass is 10.3. The van der Waals surface area contributed by atoms with E-state index < -0.39 is 11.3 Å². The summed E-state index contributed by atoms with van der Waals surface area (Å²) in [6, 6.07) is 0.0126. The summed E-state index contributed by atoms with van der Waals surface area (Å²) < 4.78 is 4.88. The fraction of sp³-hybridized carbons (Fsp3) is 0.615. The maximum atomic E-state index is 12.0. The third-order valence-corrected chi connectivity index (χ3v) is 3.61. The molecule has 5 nitrogen and oxygen atoms in total. The zero-order valence-electron chi connectivity index (χ0n) is 12.1. The van der Waals surface area contributed by atoms with Gasteiger partial charge in [-0.25, -0.2) is 9.78 Å². The number of hydrogen-bond acceptors (Lipinski definition) is 5. The quantitative estimate of drug-likeness (QED) is 0.597. The van der Waals surface area contributed by atoms with Gasteiger partial charge in [-0.05, 0) is 27.7 Å². The van der Waals surface area contributed by atoms with Crippen molar-refractivity contribution in [3.05, 3.63) is 16.1 Å². The normalized spacial score (nSPS) is 12.3. The van der Waals surface area contributed by atoms with Crippen molar-refractivity contribution in [1.82, 2.24) is 9.88 Å². The molecule has 1 rings (SSSR count). The third kappa shape index (κ3) is 4.45. The van der Waals surface area contributed by atoms with Crippen molar-refractivity contribution in [3.8, 4) is 0 Å². The zero-order valence-corrected chi connectivity index (χ0v) is 13.6. The van der Waals surface area contributed by atoms with Crippen LogP contribution in [-0.2, 0) is 16.1 Å². The lowest BCUT2D eigenvalue weighted by Crippen LogP contribution is -2.40. The minimum Gasteiger partial charge on any atom is -0.461 e. The van der Waals surface area contributed by atoms with E-state index in [0.717, 1.165) is 0 Å². The van der Waals surface area contributed by atoms with E-state index in [1.54, 1.807) is 24.1 Å². The summed E-state index contributed by atoms with van der Waals surface area (Å²) in [6.07, 6.45) is 0. The third-order valence-electron chi connectivity index (χ3n) is 2.59. The SMILES string of the molecule is CCOC(=O)c1csc(CN(C(=O)[C@@H](C)Cl)C(C)C)n1. The molecule has 0 spiro atoms. The van der Waals surface area contributed by atoms with Crippen LogP contribution in [0.4, 0.5) is 0 Å². The Morgan fingerprint density at radius 3 is 2.60 bits per heavy atom. The number of carbonyl (C=O) groups excluding carboxylic acids is 2. The highest BCUT2D eigenvalue weighted by Crippen LogP contribution is 2.16. The van der Waals surface area contributed by atoms with Crippen LogP contribution in [-0.4, -0.2) is 39.8 Å². The predicted octanol–water partition coefficient (Wildman–Crippen LogP) is 2.68. The Balaban J connectivity index is 2.80. The molecule has 0 saturated heterocycles. The first kappa shape index (κ1) is 16.9. The molecule has 20 heavy (non-hydrogen) atoms. The highest BCUT2D eigenvalue weighted by molar-refractivity contribution is 7.09. The van der Waals surface area contributed by atoms with Crippen LogP contribution in [0.5, 0.6) is 0 Å². The number of nitrogens with zero attached hydrogens (tertiary/aromatic N) is 2. The molecule has 1 heterocycles. The molecule has 0 aliphatic rings. The first-order chi connectivity index (χ1) is 9.36. The molecule has 0 N–H and O–H groups in total. The maximum Gasteiger partial charge on any atom is 0.357 e. The molecule has 0 saturated carbocycles. The Hall–Kier alpha value is -1.14. The van der Waals surface area contributed by atoms with Gasteiger partial charge < -0.3 is 9.64 Å². The van der Waals surface area contributed by atoms with Crippen LogP contribution < -0.4 is 0 Å². The summed E-state index contributed by atoms with van der Waals surface area (Å²) in [6.45, 7) is 7.87. The van der Waals surface area contributed by atoms with Gasteiger partial charge in [-0.2, -0.15) is 0 Å². The minimum atomic E-state index is -0.582. The van der Waals surface area contributed by atoms with Gasteiger partial charge in [0.25, 0.3) is 0 Å². The van der Waals surface area contributed by atoms with E-state index >= 15 is 0 Å². The summed E-state index contributed by atoms with van der Waals surface area (Å²) in [5, 5.41) is 1.75. The Kier molecular flexibility index (Phi) is 6.42. The number of carbonyl (C=O) groups is 2. The molecular weight excluding hydrogens is 300 g/mol. The van der Waals surface area contributed by atoms with Crippen molar-refractivity contribution in [2.75, 3.05) is 6.61 Å². The van der Waals surface area contributed by atoms with E-state index in [0.29, 0.717) is 18.2 Å². The van der Waals surface area contributed by atoms with Gasteiger partial charge in [-0.3, -0.25) is 4.79 Å². The number of alkyl halides is 1. The second-order valence-electron chi connectivity index (χ2n) is 4.52. The molecule has 0 radical (unpaired) electrons. The van der Waals surface area contributed by atoms with Gasteiger partial charge in [-0.1, -0.05) is 0 Å². The predicted molar refractivity (Wildman–Crippen MR) is 79.1 cm³/mol. The highest BCUT2D eigenvalue weighted by atomic mass is 35.5. The number of amides is 1. The minimum absolute atomic E-state index is 0.0126. The number of esters is 1. The van der Waals surface area contributed by atoms with Gasteiger partial charge in [0.05, 0.1) is 13.2 Å². The lowest BCUT2D eigenvalue weighted by molar-refractivity contribution is -0.132.